The summed E-state index contributed by atoms with van der Waals surface area (Å²) in [7, 11) is 0. The van der Waals surface area contributed by atoms with E-state index in [9.17, 15) is 4.79 Å². The molecule has 1 amide bonds. The zero-order valence-corrected chi connectivity index (χ0v) is 9.91. The van der Waals surface area contributed by atoms with E-state index in [4.69, 9.17) is 10.3 Å². The van der Waals surface area contributed by atoms with Crippen LogP contribution in [0.4, 0.5) is 0 Å². The molecule has 90 valence electrons. The van der Waals surface area contributed by atoms with Gasteiger partial charge in [0.05, 0.1) is 5.41 Å². The lowest BCUT2D eigenvalue weighted by molar-refractivity contribution is 0.0942. The molecule has 16 heavy (non-hydrogen) atoms. The first-order valence-electron chi connectivity index (χ1n) is 5.39. The molecule has 0 aromatic carbocycles. The van der Waals surface area contributed by atoms with Crippen LogP contribution < -0.4 is 11.1 Å². The standard InChI is InChI=1S/C10H18N4O2/c1-4-10(3,6-11)9-13-7(14-16-9)8(15)12-5-2/h4-6,11H2,1-3H3,(H,12,15). The normalized spacial score (nSPS) is 14.5. The summed E-state index contributed by atoms with van der Waals surface area (Å²) in [6.07, 6.45) is 0.778. The van der Waals surface area contributed by atoms with Crippen LogP contribution in [0.2, 0.25) is 0 Å². The summed E-state index contributed by atoms with van der Waals surface area (Å²) in [5, 5.41) is 6.25. The summed E-state index contributed by atoms with van der Waals surface area (Å²) in [6.45, 7) is 6.69. The summed E-state index contributed by atoms with van der Waals surface area (Å²) in [5.74, 6) is 0.150. The van der Waals surface area contributed by atoms with Crippen molar-refractivity contribution in [3.8, 4) is 0 Å². The van der Waals surface area contributed by atoms with Crippen molar-refractivity contribution in [1.82, 2.24) is 15.5 Å². The first kappa shape index (κ1) is 12.6. The highest BCUT2D eigenvalue weighted by Crippen LogP contribution is 2.24. The molecule has 0 saturated carbocycles. The minimum atomic E-state index is -0.363. The van der Waals surface area contributed by atoms with Crippen LogP contribution in [-0.4, -0.2) is 29.1 Å². The fourth-order valence-electron chi connectivity index (χ4n) is 1.18. The molecule has 1 unspecified atom stereocenters. The van der Waals surface area contributed by atoms with Crippen molar-refractivity contribution in [1.29, 1.82) is 0 Å². The molecule has 0 aliphatic rings. The van der Waals surface area contributed by atoms with Crippen molar-refractivity contribution in [2.45, 2.75) is 32.6 Å². The maximum atomic E-state index is 11.4. The summed E-state index contributed by atoms with van der Waals surface area (Å²) in [4.78, 5) is 15.5. The van der Waals surface area contributed by atoms with Crippen molar-refractivity contribution in [2.24, 2.45) is 5.73 Å². The van der Waals surface area contributed by atoms with Gasteiger partial charge in [-0.3, -0.25) is 4.79 Å². The summed E-state index contributed by atoms with van der Waals surface area (Å²) < 4.78 is 5.08. The Hall–Kier alpha value is -1.43. The van der Waals surface area contributed by atoms with Gasteiger partial charge in [0, 0.05) is 13.1 Å². The number of nitrogens with zero attached hydrogens (tertiary/aromatic N) is 2. The molecule has 0 fully saturated rings. The number of aromatic nitrogens is 2. The van der Waals surface area contributed by atoms with E-state index in [2.05, 4.69) is 15.5 Å². The van der Waals surface area contributed by atoms with Crippen LogP contribution in [0, 0.1) is 0 Å². The molecule has 0 radical (unpaired) electrons. The Kier molecular flexibility index (Phi) is 4.00. The van der Waals surface area contributed by atoms with E-state index >= 15 is 0 Å². The Morgan fingerprint density at radius 2 is 2.25 bits per heavy atom. The molecule has 1 heterocycles. The number of hydrogen-bond acceptors (Lipinski definition) is 5. The Balaban J connectivity index is 2.90. The van der Waals surface area contributed by atoms with Gasteiger partial charge in [0.2, 0.25) is 5.89 Å². The highest BCUT2D eigenvalue weighted by atomic mass is 16.5. The topological polar surface area (TPSA) is 94.0 Å². The fourth-order valence-corrected chi connectivity index (χ4v) is 1.18. The lowest BCUT2D eigenvalue weighted by atomic mass is 9.88. The number of nitrogens with one attached hydrogen (secondary N) is 1. The average molecular weight is 226 g/mol. The van der Waals surface area contributed by atoms with E-state index in [-0.39, 0.29) is 17.1 Å². The number of hydrogen-bond donors (Lipinski definition) is 2. The van der Waals surface area contributed by atoms with Crippen molar-refractivity contribution in [2.75, 3.05) is 13.1 Å². The van der Waals surface area contributed by atoms with Gasteiger partial charge in [-0.2, -0.15) is 4.98 Å². The molecule has 0 saturated heterocycles. The smallest absolute Gasteiger partial charge is 0.292 e. The minimum absolute atomic E-state index is 0.0602. The van der Waals surface area contributed by atoms with Crippen LogP contribution in [0.5, 0.6) is 0 Å². The molecule has 6 nitrogen and oxygen atoms in total. The van der Waals surface area contributed by atoms with Crippen molar-refractivity contribution in [3.63, 3.8) is 0 Å². The predicted octanol–water partition coefficient (Wildman–Crippen LogP) is 0.446. The molecule has 6 heteroatoms. The third-order valence-corrected chi connectivity index (χ3v) is 2.71. The second-order valence-corrected chi connectivity index (χ2v) is 3.90. The predicted molar refractivity (Wildman–Crippen MR) is 59.0 cm³/mol. The Morgan fingerprint density at radius 3 is 2.75 bits per heavy atom. The first-order valence-corrected chi connectivity index (χ1v) is 5.39. The van der Waals surface area contributed by atoms with Gasteiger partial charge < -0.3 is 15.6 Å². The second kappa shape index (κ2) is 5.07. The van der Waals surface area contributed by atoms with Gasteiger partial charge in [-0.05, 0) is 20.3 Å². The van der Waals surface area contributed by atoms with Gasteiger partial charge in [0.15, 0.2) is 0 Å². The fraction of sp³-hybridized carbons (Fsp3) is 0.700. The van der Waals surface area contributed by atoms with Crippen molar-refractivity contribution < 1.29 is 9.32 Å². The van der Waals surface area contributed by atoms with Crippen LogP contribution in [0.1, 0.15) is 43.7 Å². The van der Waals surface area contributed by atoms with E-state index in [0.717, 1.165) is 6.42 Å². The van der Waals surface area contributed by atoms with Gasteiger partial charge >= 0.3 is 0 Å². The zero-order chi connectivity index (χ0) is 12.2. The van der Waals surface area contributed by atoms with Crippen molar-refractivity contribution >= 4 is 5.91 Å². The third-order valence-electron chi connectivity index (χ3n) is 2.71. The third kappa shape index (κ3) is 2.38. The highest BCUT2D eigenvalue weighted by molar-refractivity contribution is 5.90. The van der Waals surface area contributed by atoms with Gasteiger partial charge in [-0.15, -0.1) is 0 Å². The van der Waals surface area contributed by atoms with Crippen LogP contribution in [0.15, 0.2) is 4.52 Å². The molecule has 0 bridgehead atoms. The molecule has 0 aliphatic carbocycles. The first-order chi connectivity index (χ1) is 7.57. The highest BCUT2D eigenvalue weighted by Gasteiger charge is 2.30. The molecular formula is C10H18N4O2. The lowest BCUT2D eigenvalue weighted by Gasteiger charge is -2.20. The SMILES string of the molecule is CCNC(=O)c1noc(C(C)(CC)CN)n1. The van der Waals surface area contributed by atoms with Crippen LogP contribution in [0.3, 0.4) is 0 Å². The number of amides is 1. The number of carbonyl (C=O) groups excluding carboxylic acids is 1. The Labute approximate surface area is 94.6 Å². The van der Waals surface area contributed by atoms with Gasteiger partial charge in [0.1, 0.15) is 0 Å². The van der Waals surface area contributed by atoms with Gasteiger partial charge in [-0.25, -0.2) is 0 Å². The van der Waals surface area contributed by atoms with Crippen LogP contribution >= 0.6 is 0 Å². The molecule has 1 rings (SSSR count). The minimum Gasteiger partial charge on any atom is -0.349 e. The van der Waals surface area contributed by atoms with E-state index in [1.54, 1.807) is 0 Å². The average Bonchev–Trinajstić information content (AvgIpc) is 2.78. The monoisotopic (exact) mass is 226 g/mol. The number of rotatable bonds is 5. The quantitative estimate of drug-likeness (QED) is 0.760. The van der Waals surface area contributed by atoms with E-state index < -0.39 is 0 Å². The maximum absolute atomic E-state index is 11.4. The summed E-state index contributed by atoms with van der Waals surface area (Å²) >= 11 is 0. The second-order valence-electron chi connectivity index (χ2n) is 3.90. The molecule has 0 aliphatic heterocycles. The maximum Gasteiger partial charge on any atom is 0.292 e. The zero-order valence-electron chi connectivity index (χ0n) is 9.91. The molecular weight excluding hydrogens is 208 g/mol. The van der Waals surface area contributed by atoms with Gasteiger partial charge in [0.25, 0.3) is 11.7 Å². The molecule has 1 atom stereocenters. The summed E-state index contributed by atoms with van der Waals surface area (Å²) in [6, 6.07) is 0. The molecule has 1 aromatic rings. The van der Waals surface area contributed by atoms with E-state index in [1.807, 2.05) is 20.8 Å². The van der Waals surface area contributed by atoms with E-state index in [0.29, 0.717) is 19.0 Å². The van der Waals surface area contributed by atoms with Crippen molar-refractivity contribution in [3.05, 3.63) is 11.7 Å². The molecule has 1 aromatic heterocycles. The Bertz CT molecular complexity index is 357. The Morgan fingerprint density at radius 1 is 1.56 bits per heavy atom. The lowest BCUT2D eigenvalue weighted by Crippen LogP contribution is -2.31. The number of carbonyl (C=O) groups is 1. The largest absolute Gasteiger partial charge is 0.349 e. The van der Waals surface area contributed by atoms with E-state index in [1.165, 1.54) is 0 Å². The molecule has 3 N–H and O–H groups in total. The number of nitrogens with two attached hydrogens (primary N) is 1. The van der Waals surface area contributed by atoms with Gasteiger partial charge in [-0.1, -0.05) is 12.1 Å². The van der Waals surface area contributed by atoms with Crippen LogP contribution in [0.25, 0.3) is 0 Å². The molecule has 0 spiro atoms. The summed E-state index contributed by atoms with van der Waals surface area (Å²) in [5.41, 5.74) is 5.30. The van der Waals surface area contributed by atoms with Crippen LogP contribution in [-0.2, 0) is 5.41 Å².